The third-order valence-corrected chi connectivity index (χ3v) is 4.35. The third kappa shape index (κ3) is 3.26. The van der Waals surface area contributed by atoms with Gasteiger partial charge in [-0.15, -0.1) is 0 Å². The monoisotopic (exact) mass is 350 g/mol. The number of nitrogens with one attached hydrogen (secondary N) is 1. The SMILES string of the molecule is Cc1cc(C(=O)N2CCC[C@@H]2c2ccnc(Nc3cnccn3)c2)no1. The topological polar surface area (TPSA) is 97.0 Å². The molecule has 1 fully saturated rings. The highest BCUT2D eigenvalue weighted by Crippen LogP contribution is 2.33. The number of hydrogen-bond donors (Lipinski definition) is 1. The molecule has 1 aliphatic heterocycles. The maximum atomic E-state index is 12.8. The summed E-state index contributed by atoms with van der Waals surface area (Å²) < 4.78 is 5.04. The Morgan fingerprint density at radius 1 is 1.23 bits per heavy atom. The number of aryl methyl sites for hydroxylation is 1. The molecule has 0 aliphatic carbocycles. The van der Waals surface area contributed by atoms with Crippen molar-refractivity contribution in [3.8, 4) is 0 Å². The number of carbonyl (C=O) groups excluding carboxylic acids is 1. The van der Waals surface area contributed by atoms with Crippen LogP contribution in [0.15, 0.2) is 47.5 Å². The molecule has 3 aromatic rings. The molecule has 3 aromatic heterocycles. The van der Waals surface area contributed by atoms with Gasteiger partial charge in [0.05, 0.1) is 12.2 Å². The number of rotatable bonds is 4. The second kappa shape index (κ2) is 6.91. The van der Waals surface area contributed by atoms with E-state index in [0.29, 0.717) is 29.6 Å². The van der Waals surface area contributed by atoms with Gasteiger partial charge in [-0.3, -0.25) is 9.78 Å². The van der Waals surface area contributed by atoms with Crippen LogP contribution in [-0.4, -0.2) is 37.5 Å². The van der Waals surface area contributed by atoms with Crippen molar-refractivity contribution in [3.63, 3.8) is 0 Å². The lowest BCUT2D eigenvalue weighted by Gasteiger charge is -2.24. The summed E-state index contributed by atoms with van der Waals surface area (Å²) in [7, 11) is 0. The zero-order valence-corrected chi connectivity index (χ0v) is 14.3. The normalized spacial score (nSPS) is 16.7. The summed E-state index contributed by atoms with van der Waals surface area (Å²) >= 11 is 0. The summed E-state index contributed by atoms with van der Waals surface area (Å²) in [5.41, 5.74) is 1.37. The summed E-state index contributed by atoms with van der Waals surface area (Å²) in [6.07, 6.45) is 8.44. The first-order chi connectivity index (χ1) is 12.7. The Morgan fingerprint density at radius 2 is 2.12 bits per heavy atom. The van der Waals surface area contributed by atoms with Gasteiger partial charge in [-0.25, -0.2) is 9.97 Å². The van der Waals surface area contributed by atoms with Crippen LogP contribution in [0.1, 0.15) is 40.7 Å². The number of amides is 1. The fourth-order valence-electron chi connectivity index (χ4n) is 3.19. The Balaban J connectivity index is 1.56. The van der Waals surface area contributed by atoms with E-state index in [1.165, 1.54) is 0 Å². The largest absolute Gasteiger partial charge is 0.361 e. The summed E-state index contributed by atoms with van der Waals surface area (Å²) in [5.74, 6) is 1.81. The van der Waals surface area contributed by atoms with Gasteiger partial charge < -0.3 is 14.7 Å². The number of likely N-dealkylation sites (tertiary alicyclic amines) is 1. The highest BCUT2D eigenvalue weighted by atomic mass is 16.5. The molecule has 0 spiro atoms. The van der Waals surface area contributed by atoms with Gasteiger partial charge in [-0.05, 0) is 37.5 Å². The van der Waals surface area contributed by atoms with Gasteiger partial charge in [0.15, 0.2) is 5.69 Å². The van der Waals surface area contributed by atoms with Gasteiger partial charge in [0, 0.05) is 31.2 Å². The highest BCUT2D eigenvalue weighted by molar-refractivity contribution is 5.92. The first kappa shape index (κ1) is 16.2. The van der Waals surface area contributed by atoms with Crippen molar-refractivity contribution >= 4 is 17.5 Å². The Bertz CT molecular complexity index is 911. The van der Waals surface area contributed by atoms with Crippen LogP contribution in [0.25, 0.3) is 0 Å². The lowest BCUT2D eigenvalue weighted by Crippen LogP contribution is -2.30. The van der Waals surface area contributed by atoms with E-state index in [-0.39, 0.29) is 11.9 Å². The Hall–Kier alpha value is -3.29. The molecule has 0 unspecified atom stereocenters. The second-order valence-electron chi connectivity index (χ2n) is 6.17. The fourth-order valence-corrected chi connectivity index (χ4v) is 3.19. The summed E-state index contributed by atoms with van der Waals surface area (Å²) in [5, 5.41) is 6.99. The third-order valence-electron chi connectivity index (χ3n) is 4.35. The molecule has 1 saturated heterocycles. The summed E-state index contributed by atoms with van der Waals surface area (Å²) in [4.78, 5) is 27.2. The number of hydrogen-bond acceptors (Lipinski definition) is 7. The zero-order chi connectivity index (χ0) is 17.9. The van der Waals surface area contributed by atoms with Gasteiger partial charge in [0.2, 0.25) is 0 Å². The molecule has 8 nitrogen and oxygen atoms in total. The van der Waals surface area contributed by atoms with E-state index in [1.807, 2.05) is 17.0 Å². The number of nitrogens with zero attached hydrogens (tertiary/aromatic N) is 5. The van der Waals surface area contributed by atoms with E-state index >= 15 is 0 Å². The van der Waals surface area contributed by atoms with Crippen molar-refractivity contribution in [2.45, 2.75) is 25.8 Å². The molecule has 132 valence electrons. The minimum absolute atomic E-state index is 0.00934. The van der Waals surface area contributed by atoms with Crippen LogP contribution < -0.4 is 5.32 Å². The van der Waals surface area contributed by atoms with Gasteiger partial charge in [0.25, 0.3) is 5.91 Å². The molecule has 4 heterocycles. The smallest absolute Gasteiger partial charge is 0.276 e. The lowest BCUT2D eigenvalue weighted by molar-refractivity contribution is 0.0725. The Morgan fingerprint density at radius 3 is 2.88 bits per heavy atom. The molecule has 4 rings (SSSR count). The van der Waals surface area contributed by atoms with Crippen molar-refractivity contribution in [3.05, 3.63) is 60.0 Å². The lowest BCUT2D eigenvalue weighted by atomic mass is 10.1. The number of aromatic nitrogens is 4. The van der Waals surface area contributed by atoms with E-state index in [4.69, 9.17) is 4.52 Å². The molecule has 0 bridgehead atoms. The number of carbonyl (C=O) groups is 1. The van der Waals surface area contributed by atoms with Crippen LogP contribution in [0.3, 0.4) is 0 Å². The predicted octanol–water partition coefficient (Wildman–Crippen LogP) is 2.89. The molecule has 26 heavy (non-hydrogen) atoms. The van der Waals surface area contributed by atoms with Crippen LogP contribution in [0, 0.1) is 6.92 Å². The molecule has 8 heteroatoms. The molecular weight excluding hydrogens is 332 g/mol. The summed E-state index contributed by atoms with van der Waals surface area (Å²) in [6, 6.07) is 5.54. The van der Waals surface area contributed by atoms with Crippen LogP contribution in [0.5, 0.6) is 0 Å². The average Bonchev–Trinajstić information content (AvgIpc) is 3.31. The van der Waals surface area contributed by atoms with Crippen LogP contribution in [0.2, 0.25) is 0 Å². The van der Waals surface area contributed by atoms with Crippen molar-refractivity contribution in [2.75, 3.05) is 11.9 Å². The van der Waals surface area contributed by atoms with E-state index in [0.717, 1.165) is 18.4 Å². The number of anilines is 2. The predicted molar refractivity (Wildman–Crippen MR) is 93.8 cm³/mol. The van der Waals surface area contributed by atoms with Crippen LogP contribution in [0.4, 0.5) is 11.6 Å². The quantitative estimate of drug-likeness (QED) is 0.772. The van der Waals surface area contributed by atoms with Crippen molar-refractivity contribution < 1.29 is 9.32 Å². The van der Waals surface area contributed by atoms with E-state index < -0.39 is 0 Å². The minimum Gasteiger partial charge on any atom is -0.361 e. The molecule has 0 saturated carbocycles. The maximum absolute atomic E-state index is 12.8. The van der Waals surface area contributed by atoms with Crippen LogP contribution in [-0.2, 0) is 0 Å². The standard InChI is InChI=1S/C18H18N6O2/c1-12-9-14(23-26-12)18(25)24-8-2-3-15(24)13-4-5-20-16(10-13)22-17-11-19-6-7-21-17/h4-7,9-11,15H,2-3,8H2,1H3,(H,20,21,22)/t15-/m1/s1. The maximum Gasteiger partial charge on any atom is 0.276 e. The average molecular weight is 350 g/mol. The molecule has 0 radical (unpaired) electrons. The molecule has 1 N–H and O–H groups in total. The van der Waals surface area contributed by atoms with E-state index in [9.17, 15) is 4.79 Å². The van der Waals surface area contributed by atoms with E-state index in [1.54, 1.807) is 37.8 Å². The van der Waals surface area contributed by atoms with Gasteiger partial charge in [0.1, 0.15) is 17.4 Å². The van der Waals surface area contributed by atoms with Gasteiger partial charge >= 0.3 is 0 Å². The molecular formula is C18H18N6O2. The Labute approximate surface area is 150 Å². The summed E-state index contributed by atoms with van der Waals surface area (Å²) in [6.45, 7) is 2.48. The van der Waals surface area contributed by atoms with Gasteiger partial charge in [-0.1, -0.05) is 5.16 Å². The van der Waals surface area contributed by atoms with E-state index in [2.05, 4.69) is 25.4 Å². The van der Waals surface area contributed by atoms with Crippen molar-refractivity contribution in [1.82, 2.24) is 25.0 Å². The fraction of sp³-hybridized carbons (Fsp3) is 0.278. The van der Waals surface area contributed by atoms with Crippen LogP contribution >= 0.6 is 0 Å². The van der Waals surface area contributed by atoms with Crippen molar-refractivity contribution in [2.24, 2.45) is 0 Å². The molecule has 0 aromatic carbocycles. The minimum atomic E-state index is -0.107. The molecule has 1 atom stereocenters. The molecule has 1 aliphatic rings. The molecule has 1 amide bonds. The first-order valence-electron chi connectivity index (χ1n) is 8.44. The zero-order valence-electron chi connectivity index (χ0n) is 14.3. The van der Waals surface area contributed by atoms with Crippen molar-refractivity contribution in [1.29, 1.82) is 0 Å². The van der Waals surface area contributed by atoms with Gasteiger partial charge in [-0.2, -0.15) is 0 Å². The number of pyridine rings is 1. The first-order valence-corrected chi connectivity index (χ1v) is 8.44. The second-order valence-corrected chi connectivity index (χ2v) is 6.17. The highest BCUT2D eigenvalue weighted by Gasteiger charge is 2.32. The Kier molecular flexibility index (Phi) is 4.30.